The number of benzene rings is 1. The molecule has 3 aromatic rings. The molecule has 5 N–H and O–H groups in total. The van der Waals surface area contributed by atoms with Crippen LogP contribution in [0.5, 0.6) is 0 Å². The van der Waals surface area contributed by atoms with Crippen molar-refractivity contribution < 1.29 is 19.5 Å². The van der Waals surface area contributed by atoms with Gasteiger partial charge in [-0.1, -0.05) is 13.8 Å². The van der Waals surface area contributed by atoms with Crippen LogP contribution in [0.25, 0.3) is 11.2 Å². The second-order valence-corrected chi connectivity index (χ2v) is 6.97. The van der Waals surface area contributed by atoms with E-state index >= 15 is 0 Å². The Balaban J connectivity index is 0.00000199. The number of aromatic amines is 1. The van der Waals surface area contributed by atoms with E-state index in [1.165, 1.54) is 18.1 Å². The number of anilines is 2. The summed E-state index contributed by atoms with van der Waals surface area (Å²) in [4.78, 5) is 62.3. The molecule has 0 aliphatic carbocycles. The Labute approximate surface area is 195 Å². The summed E-state index contributed by atoms with van der Waals surface area (Å²) in [6.45, 7) is 4.27. The van der Waals surface area contributed by atoms with E-state index in [1.807, 2.05) is 13.8 Å². The van der Waals surface area contributed by atoms with E-state index in [0.717, 1.165) is 0 Å². The van der Waals surface area contributed by atoms with Gasteiger partial charge in [0, 0.05) is 24.7 Å². The van der Waals surface area contributed by atoms with Crippen LogP contribution in [0.1, 0.15) is 42.7 Å². The number of carbonyl (C=O) groups excluding carboxylic acids is 2. The molecule has 0 saturated heterocycles. The van der Waals surface area contributed by atoms with Crippen LogP contribution in [0.15, 0.2) is 35.3 Å². The van der Waals surface area contributed by atoms with Crippen molar-refractivity contribution >= 4 is 41.0 Å². The first-order chi connectivity index (χ1) is 16.3. The van der Waals surface area contributed by atoms with Crippen molar-refractivity contribution in [2.75, 3.05) is 18.1 Å². The minimum absolute atomic E-state index is 0.0377. The van der Waals surface area contributed by atoms with Gasteiger partial charge in [-0.25, -0.2) is 9.97 Å². The van der Waals surface area contributed by atoms with Crippen LogP contribution < -0.4 is 16.6 Å². The maximum atomic E-state index is 12.6. The Hall–Kier alpha value is -4.35. The first-order valence-corrected chi connectivity index (χ1v) is 10.6. The average Bonchev–Trinajstić information content (AvgIpc) is 2.84. The molecule has 0 aliphatic rings. The number of nitrogen functional groups attached to an aromatic ring is 1. The number of carbonyl (C=O) groups is 3. The third kappa shape index (κ3) is 6.58. The van der Waals surface area contributed by atoms with Crippen molar-refractivity contribution in [3.63, 3.8) is 0 Å². The van der Waals surface area contributed by atoms with Gasteiger partial charge in [0.15, 0.2) is 11.2 Å². The topological polar surface area (TPSA) is 184 Å². The minimum atomic E-state index is -1.03. The van der Waals surface area contributed by atoms with Crippen molar-refractivity contribution in [3.05, 3.63) is 52.1 Å². The van der Waals surface area contributed by atoms with Gasteiger partial charge < -0.3 is 25.9 Å². The summed E-state index contributed by atoms with van der Waals surface area (Å²) >= 11 is 0. The van der Waals surface area contributed by atoms with E-state index in [9.17, 15) is 19.2 Å². The first kappa shape index (κ1) is 25.9. The van der Waals surface area contributed by atoms with Gasteiger partial charge in [-0.15, -0.1) is 0 Å². The van der Waals surface area contributed by atoms with Gasteiger partial charge in [0.25, 0.3) is 11.5 Å². The number of aliphatic carboxylic acids is 1. The number of rotatable bonds is 9. The Kier molecular flexibility index (Phi) is 9.18. The zero-order chi connectivity index (χ0) is 25.3. The summed E-state index contributed by atoms with van der Waals surface area (Å²) in [5.41, 5.74) is 6.77. The lowest BCUT2D eigenvalue weighted by molar-refractivity contribution is -0.137. The second kappa shape index (κ2) is 12.0. The number of aromatic nitrogens is 4. The number of carboxylic acid groups (broad SMARTS) is 1. The monoisotopic (exact) mass is 469 g/mol. The number of amides is 1. The first-order valence-electron chi connectivity index (χ1n) is 10.6. The molecular formula is C22H27N7O5. The smallest absolute Gasteiger partial charge is 0.303 e. The minimum Gasteiger partial charge on any atom is -0.481 e. The molecule has 34 heavy (non-hydrogen) atoms. The fraction of sp³-hybridized carbons (Fsp3) is 0.318. The van der Waals surface area contributed by atoms with Gasteiger partial charge >= 0.3 is 5.97 Å². The fourth-order valence-electron chi connectivity index (χ4n) is 2.96. The van der Waals surface area contributed by atoms with Crippen LogP contribution in [0, 0.1) is 0 Å². The molecule has 0 spiro atoms. The molecule has 1 atom stereocenters. The van der Waals surface area contributed by atoms with E-state index in [4.69, 9.17) is 10.8 Å². The number of H-pyrrole nitrogens is 1. The molecule has 1 amide bonds. The summed E-state index contributed by atoms with van der Waals surface area (Å²) in [5, 5.41) is 11.9. The summed E-state index contributed by atoms with van der Waals surface area (Å²) in [6, 6.07) is 5.71. The Morgan fingerprint density at radius 3 is 2.53 bits per heavy atom. The van der Waals surface area contributed by atoms with Crippen LogP contribution >= 0.6 is 0 Å². The highest BCUT2D eigenvalue weighted by atomic mass is 16.4. The summed E-state index contributed by atoms with van der Waals surface area (Å²) < 4.78 is 0. The number of nitrogens with two attached hydrogens (primary N) is 1. The highest BCUT2D eigenvalue weighted by molar-refractivity contribution is 5.95. The molecule has 180 valence electrons. The summed E-state index contributed by atoms with van der Waals surface area (Å²) in [7, 11) is 1.46. The zero-order valence-electron chi connectivity index (χ0n) is 19.1. The molecular weight excluding hydrogens is 442 g/mol. The molecule has 0 fully saturated rings. The van der Waals surface area contributed by atoms with Crippen molar-refractivity contribution in [2.24, 2.45) is 0 Å². The molecule has 1 unspecified atom stereocenters. The Morgan fingerprint density at radius 2 is 1.91 bits per heavy atom. The lowest BCUT2D eigenvalue weighted by Crippen LogP contribution is -2.38. The molecule has 0 saturated carbocycles. The Morgan fingerprint density at radius 1 is 1.24 bits per heavy atom. The average molecular weight is 470 g/mol. The second-order valence-electron chi connectivity index (χ2n) is 6.97. The summed E-state index contributed by atoms with van der Waals surface area (Å²) in [6.07, 6.45) is 1.87. The molecule has 0 aliphatic heterocycles. The molecule has 12 heteroatoms. The highest BCUT2D eigenvalue weighted by Crippen LogP contribution is 2.14. The predicted octanol–water partition coefficient (Wildman–Crippen LogP) is 1.44. The maximum Gasteiger partial charge on any atom is 0.303 e. The largest absolute Gasteiger partial charge is 0.481 e. The Bertz CT molecular complexity index is 1210. The van der Waals surface area contributed by atoms with E-state index in [1.54, 1.807) is 24.3 Å². The van der Waals surface area contributed by atoms with Crippen LogP contribution in [0.3, 0.4) is 0 Å². The number of hydrogen-bond donors (Lipinski definition) is 4. The van der Waals surface area contributed by atoms with Crippen LogP contribution in [-0.2, 0) is 16.1 Å². The number of hydrogen-bond acceptors (Lipinski definition) is 9. The number of nitrogens with zero attached hydrogens (tertiary/aromatic N) is 4. The molecule has 12 nitrogen and oxygen atoms in total. The SMILES string of the molecule is CC.CN(C(=O)c1ccc(NCc2cnc3nc(N)[nH]c(=O)c3n2)cc1)C(C=O)CCC(=O)O. The molecule has 0 bridgehead atoms. The predicted molar refractivity (Wildman–Crippen MR) is 126 cm³/mol. The van der Waals surface area contributed by atoms with Crippen LogP contribution in [0.4, 0.5) is 11.6 Å². The van der Waals surface area contributed by atoms with Crippen molar-refractivity contribution in [1.29, 1.82) is 0 Å². The number of aldehydes is 1. The lowest BCUT2D eigenvalue weighted by atomic mass is 10.1. The third-order valence-corrected chi connectivity index (χ3v) is 4.72. The van der Waals surface area contributed by atoms with Gasteiger partial charge in [0.2, 0.25) is 5.95 Å². The van der Waals surface area contributed by atoms with Gasteiger partial charge in [0.05, 0.1) is 24.5 Å². The maximum absolute atomic E-state index is 12.6. The van der Waals surface area contributed by atoms with E-state index in [-0.39, 0.29) is 36.5 Å². The van der Waals surface area contributed by atoms with Gasteiger partial charge in [-0.3, -0.25) is 19.4 Å². The molecule has 1 aromatic carbocycles. The standard InChI is InChI=1S/C20H21N7O5.C2H6/c1-27(14(10-28)6-7-15(29)30)19(32)11-2-4-12(5-3-11)22-8-13-9-23-17-16(24-13)18(31)26-20(21)25-17;1-2/h2-5,9-10,14,22H,6-8H2,1H3,(H,29,30)(H3,21,23,25,26,31);1-2H3. The number of carboxylic acids is 1. The van der Waals surface area contributed by atoms with E-state index < -0.39 is 23.5 Å². The molecule has 3 rings (SSSR count). The van der Waals surface area contributed by atoms with Crippen LogP contribution in [0.2, 0.25) is 0 Å². The zero-order valence-corrected chi connectivity index (χ0v) is 19.1. The molecule has 2 aromatic heterocycles. The molecule has 0 radical (unpaired) electrons. The van der Waals surface area contributed by atoms with Crippen molar-refractivity contribution in [2.45, 2.75) is 39.3 Å². The van der Waals surface area contributed by atoms with E-state index in [0.29, 0.717) is 23.2 Å². The molecule has 2 heterocycles. The third-order valence-electron chi connectivity index (χ3n) is 4.72. The number of likely N-dealkylation sites (N-methyl/N-ethyl adjacent to an activating group) is 1. The van der Waals surface area contributed by atoms with Gasteiger partial charge in [-0.2, -0.15) is 4.98 Å². The highest BCUT2D eigenvalue weighted by Gasteiger charge is 2.21. The summed E-state index contributed by atoms with van der Waals surface area (Å²) in [5.74, 6) is -1.47. The van der Waals surface area contributed by atoms with Crippen LogP contribution in [-0.4, -0.2) is 61.2 Å². The lowest BCUT2D eigenvalue weighted by Gasteiger charge is -2.23. The quantitative estimate of drug-likeness (QED) is 0.334. The van der Waals surface area contributed by atoms with Gasteiger partial charge in [-0.05, 0) is 30.7 Å². The normalized spacial score (nSPS) is 11.1. The van der Waals surface area contributed by atoms with Crippen molar-refractivity contribution in [3.8, 4) is 0 Å². The van der Waals surface area contributed by atoms with Gasteiger partial charge in [0.1, 0.15) is 6.29 Å². The number of nitrogens with one attached hydrogen (secondary N) is 2. The fourth-order valence-corrected chi connectivity index (χ4v) is 2.96. The number of fused-ring (bicyclic) bond motifs is 1. The van der Waals surface area contributed by atoms with Crippen molar-refractivity contribution in [1.82, 2.24) is 24.8 Å². The van der Waals surface area contributed by atoms with E-state index in [2.05, 4.69) is 25.3 Å².